The van der Waals surface area contributed by atoms with Crippen LogP contribution in [-0.4, -0.2) is 4.98 Å². The van der Waals surface area contributed by atoms with Gasteiger partial charge in [0, 0.05) is 22.5 Å². The number of hydrogen-bond acceptors (Lipinski definition) is 2. The van der Waals surface area contributed by atoms with E-state index in [1.807, 2.05) is 18.3 Å². The van der Waals surface area contributed by atoms with E-state index in [-0.39, 0.29) is 0 Å². The fourth-order valence-electron chi connectivity index (χ4n) is 3.71. The van der Waals surface area contributed by atoms with E-state index in [2.05, 4.69) is 79.5 Å². The van der Waals surface area contributed by atoms with Crippen molar-refractivity contribution in [1.29, 1.82) is 0 Å². The summed E-state index contributed by atoms with van der Waals surface area (Å²) < 4.78 is 6.23. The van der Waals surface area contributed by atoms with Crippen LogP contribution in [0.4, 0.5) is 0 Å². The van der Waals surface area contributed by atoms with Gasteiger partial charge in [0.1, 0.15) is 11.2 Å². The van der Waals surface area contributed by atoms with Crippen LogP contribution in [-0.2, 0) is 0 Å². The Kier molecular flexibility index (Phi) is 3.58. The molecule has 5 rings (SSSR count). The molecule has 0 saturated carbocycles. The smallest absolute Gasteiger partial charge is 0.136 e. The van der Waals surface area contributed by atoms with Gasteiger partial charge in [-0.15, -0.1) is 0 Å². The lowest BCUT2D eigenvalue weighted by Crippen LogP contribution is -1.84. The third-order valence-electron chi connectivity index (χ3n) is 5.11. The van der Waals surface area contributed by atoms with E-state index in [4.69, 9.17) is 4.42 Å². The van der Waals surface area contributed by atoms with Crippen molar-refractivity contribution in [2.24, 2.45) is 0 Å². The van der Waals surface area contributed by atoms with Crippen molar-refractivity contribution in [3.63, 3.8) is 0 Å². The van der Waals surface area contributed by atoms with Gasteiger partial charge < -0.3 is 4.42 Å². The van der Waals surface area contributed by atoms with Crippen LogP contribution in [0.1, 0.15) is 11.1 Å². The average molecular weight is 349 g/mol. The van der Waals surface area contributed by atoms with Crippen molar-refractivity contribution in [3.05, 3.63) is 90.1 Å². The highest BCUT2D eigenvalue weighted by Gasteiger charge is 2.12. The topological polar surface area (TPSA) is 26.0 Å². The van der Waals surface area contributed by atoms with Gasteiger partial charge in [0.15, 0.2) is 0 Å². The Bertz CT molecular complexity index is 1280. The maximum absolute atomic E-state index is 6.23. The standard InChI is InChI=1S/C25H19NO/c1-16-10-11-26-23(12-16)19-8-9-20-22-13-17(2)21(18-6-4-3-5-7-18)15-25(22)27-24(20)14-19/h3-15H,1-2H3. The summed E-state index contributed by atoms with van der Waals surface area (Å²) in [6.07, 6.45) is 1.85. The number of nitrogens with zero attached hydrogens (tertiary/aromatic N) is 1. The zero-order valence-corrected chi connectivity index (χ0v) is 15.4. The van der Waals surface area contributed by atoms with Gasteiger partial charge in [-0.25, -0.2) is 0 Å². The summed E-state index contributed by atoms with van der Waals surface area (Å²) in [5.41, 5.74) is 8.74. The van der Waals surface area contributed by atoms with Crippen LogP contribution in [0.5, 0.6) is 0 Å². The number of furan rings is 1. The first kappa shape index (κ1) is 15.8. The molecule has 0 aliphatic rings. The highest BCUT2D eigenvalue weighted by molar-refractivity contribution is 6.07. The predicted molar refractivity (Wildman–Crippen MR) is 112 cm³/mol. The second-order valence-corrected chi connectivity index (χ2v) is 7.06. The molecule has 0 fully saturated rings. The van der Waals surface area contributed by atoms with E-state index in [0.717, 1.165) is 33.2 Å². The van der Waals surface area contributed by atoms with Crippen molar-refractivity contribution in [2.45, 2.75) is 13.8 Å². The minimum atomic E-state index is 0.899. The number of benzene rings is 3. The molecule has 3 aromatic carbocycles. The maximum Gasteiger partial charge on any atom is 0.136 e. The summed E-state index contributed by atoms with van der Waals surface area (Å²) >= 11 is 0. The molecule has 5 aromatic rings. The first-order valence-corrected chi connectivity index (χ1v) is 9.14. The molecule has 0 aliphatic carbocycles. The van der Waals surface area contributed by atoms with Crippen molar-refractivity contribution in [1.82, 2.24) is 4.98 Å². The first-order chi connectivity index (χ1) is 13.2. The molecule has 0 spiro atoms. The summed E-state index contributed by atoms with van der Waals surface area (Å²) in [5, 5.41) is 2.30. The van der Waals surface area contributed by atoms with Gasteiger partial charge in [0.05, 0.1) is 5.69 Å². The van der Waals surface area contributed by atoms with Crippen LogP contribution in [0.15, 0.2) is 83.4 Å². The molecule has 0 unspecified atom stereocenters. The van der Waals surface area contributed by atoms with Crippen LogP contribution in [0.2, 0.25) is 0 Å². The molecule has 0 radical (unpaired) electrons. The molecular weight excluding hydrogens is 330 g/mol. The van der Waals surface area contributed by atoms with Crippen LogP contribution >= 0.6 is 0 Å². The first-order valence-electron chi connectivity index (χ1n) is 9.14. The number of hydrogen-bond donors (Lipinski definition) is 0. The van der Waals surface area contributed by atoms with E-state index in [1.54, 1.807) is 0 Å². The molecular formula is C25H19NO. The summed E-state index contributed by atoms with van der Waals surface area (Å²) in [6, 6.07) is 25.3. The molecule has 27 heavy (non-hydrogen) atoms. The highest BCUT2D eigenvalue weighted by Crippen LogP contribution is 2.36. The summed E-state index contributed by atoms with van der Waals surface area (Å²) in [7, 11) is 0. The van der Waals surface area contributed by atoms with E-state index in [9.17, 15) is 0 Å². The second kappa shape index (κ2) is 6.10. The Balaban J connectivity index is 1.70. The second-order valence-electron chi connectivity index (χ2n) is 7.06. The van der Waals surface area contributed by atoms with Crippen molar-refractivity contribution < 1.29 is 4.42 Å². The molecule has 0 saturated heterocycles. The quantitative estimate of drug-likeness (QED) is 0.345. The van der Waals surface area contributed by atoms with Crippen LogP contribution in [0, 0.1) is 13.8 Å². The molecule has 0 bridgehead atoms. The van der Waals surface area contributed by atoms with Gasteiger partial charge in [0.2, 0.25) is 0 Å². The zero-order chi connectivity index (χ0) is 18.4. The minimum Gasteiger partial charge on any atom is -0.456 e. The number of aryl methyl sites for hydroxylation is 2. The Morgan fingerprint density at radius 3 is 2.33 bits per heavy atom. The Hall–Kier alpha value is -3.39. The van der Waals surface area contributed by atoms with Gasteiger partial charge in [-0.05, 0) is 72.5 Å². The number of aromatic nitrogens is 1. The van der Waals surface area contributed by atoms with Crippen LogP contribution in [0.3, 0.4) is 0 Å². The highest BCUT2D eigenvalue weighted by atomic mass is 16.3. The SMILES string of the molecule is Cc1ccnc(-c2ccc3c(c2)oc2cc(-c4ccccc4)c(C)cc23)c1. The summed E-state index contributed by atoms with van der Waals surface area (Å²) in [6.45, 7) is 4.24. The molecule has 0 N–H and O–H groups in total. The lowest BCUT2D eigenvalue weighted by atomic mass is 9.98. The van der Waals surface area contributed by atoms with Crippen molar-refractivity contribution >= 4 is 21.9 Å². The minimum absolute atomic E-state index is 0.899. The van der Waals surface area contributed by atoms with Crippen LogP contribution in [0.25, 0.3) is 44.3 Å². The van der Waals surface area contributed by atoms with E-state index < -0.39 is 0 Å². The van der Waals surface area contributed by atoms with Gasteiger partial charge in [-0.3, -0.25) is 4.98 Å². The van der Waals surface area contributed by atoms with E-state index in [1.165, 1.54) is 22.3 Å². The fraction of sp³-hybridized carbons (Fsp3) is 0.0800. The molecule has 0 atom stereocenters. The molecule has 130 valence electrons. The van der Waals surface area contributed by atoms with E-state index in [0.29, 0.717) is 0 Å². The molecule has 2 heterocycles. The Morgan fingerprint density at radius 2 is 1.52 bits per heavy atom. The average Bonchev–Trinajstić information content (AvgIpc) is 3.04. The van der Waals surface area contributed by atoms with Crippen LogP contribution < -0.4 is 0 Å². The molecule has 2 nitrogen and oxygen atoms in total. The van der Waals surface area contributed by atoms with Crippen molar-refractivity contribution in [2.75, 3.05) is 0 Å². The Morgan fingerprint density at radius 1 is 0.704 bits per heavy atom. The van der Waals surface area contributed by atoms with Gasteiger partial charge in [-0.1, -0.05) is 36.4 Å². The fourth-order valence-corrected chi connectivity index (χ4v) is 3.71. The van der Waals surface area contributed by atoms with E-state index >= 15 is 0 Å². The maximum atomic E-state index is 6.23. The largest absolute Gasteiger partial charge is 0.456 e. The van der Waals surface area contributed by atoms with Gasteiger partial charge in [-0.2, -0.15) is 0 Å². The number of rotatable bonds is 2. The number of fused-ring (bicyclic) bond motifs is 3. The summed E-state index contributed by atoms with van der Waals surface area (Å²) in [5.74, 6) is 0. The molecule has 2 aromatic heterocycles. The monoisotopic (exact) mass is 349 g/mol. The number of pyridine rings is 1. The Labute approximate surface area is 158 Å². The van der Waals surface area contributed by atoms with Gasteiger partial charge >= 0.3 is 0 Å². The normalized spacial score (nSPS) is 11.3. The third kappa shape index (κ3) is 2.70. The van der Waals surface area contributed by atoms with Crippen molar-refractivity contribution in [3.8, 4) is 22.4 Å². The van der Waals surface area contributed by atoms with Gasteiger partial charge in [0.25, 0.3) is 0 Å². The predicted octanol–water partition coefficient (Wildman–Crippen LogP) is 6.93. The molecule has 0 amide bonds. The summed E-state index contributed by atoms with van der Waals surface area (Å²) in [4.78, 5) is 4.50. The lowest BCUT2D eigenvalue weighted by Gasteiger charge is -2.06. The zero-order valence-electron chi connectivity index (χ0n) is 15.4. The lowest BCUT2D eigenvalue weighted by molar-refractivity contribution is 0.669. The molecule has 0 aliphatic heterocycles. The third-order valence-corrected chi connectivity index (χ3v) is 5.11. The molecule has 2 heteroatoms.